The molecule has 0 aliphatic heterocycles. The summed E-state index contributed by atoms with van der Waals surface area (Å²) in [6, 6.07) is 2.75. The van der Waals surface area contributed by atoms with E-state index in [2.05, 4.69) is 22.4 Å². The Kier molecular flexibility index (Phi) is 1.66. The third-order valence-electron chi connectivity index (χ3n) is 2.22. The summed E-state index contributed by atoms with van der Waals surface area (Å²) in [6.07, 6.45) is 3.11. The standard InChI is InChI=1S/C8H13N3/c1-6-4-8(6)9-5-7-2-3-10-11-7/h2-3,6,8-9H,4-5H2,1H3,(H,10,11). The Morgan fingerprint density at radius 1 is 1.82 bits per heavy atom. The molecule has 2 rings (SSSR count). The quantitative estimate of drug-likeness (QED) is 0.674. The summed E-state index contributed by atoms with van der Waals surface area (Å²) in [7, 11) is 0. The Bertz CT molecular complexity index is 217. The van der Waals surface area contributed by atoms with E-state index < -0.39 is 0 Å². The van der Waals surface area contributed by atoms with E-state index >= 15 is 0 Å². The van der Waals surface area contributed by atoms with E-state index in [4.69, 9.17) is 0 Å². The molecule has 1 aromatic heterocycles. The Balaban J connectivity index is 1.75. The summed E-state index contributed by atoms with van der Waals surface area (Å²) in [6.45, 7) is 3.19. The summed E-state index contributed by atoms with van der Waals surface area (Å²) in [5, 5.41) is 10.2. The van der Waals surface area contributed by atoms with Crippen molar-refractivity contribution in [3.05, 3.63) is 18.0 Å². The van der Waals surface area contributed by atoms with Crippen LogP contribution in [-0.4, -0.2) is 16.2 Å². The van der Waals surface area contributed by atoms with Crippen LogP contribution in [0, 0.1) is 5.92 Å². The van der Waals surface area contributed by atoms with E-state index in [1.807, 2.05) is 6.07 Å². The third-order valence-corrected chi connectivity index (χ3v) is 2.22. The fourth-order valence-corrected chi connectivity index (χ4v) is 1.23. The molecule has 1 heterocycles. The first-order chi connectivity index (χ1) is 5.36. The Morgan fingerprint density at radius 3 is 3.18 bits per heavy atom. The average Bonchev–Trinajstić information content (AvgIpc) is 2.55. The van der Waals surface area contributed by atoms with Crippen molar-refractivity contribution in [1.82, 2.24) is 15.5 Å². The summed E-state index contributed by atoms with van der Waals surface area (Å²) >= 11 is 0. The Labute approximate surface area is 66.2 Å². The molecule has 0 aromatic carbocycles. The van der Waals surface area contributed by atoms with Gasteiger partial charge in [0.15, 0.2) is 0 Å². The molecule has 1 aromatic rings. The van der Waals surface area contributed by atoms with Crippen LogP contribution in [0.25, 0.3) is 0 Å². The first-order valence-corrected chi connectivity index (χ1v) is 4.08. The molecule has 60 valence electrons. The Hall–Kier alpha value is -0.830. The lowest BCUT2D eigenvalue weighted by atomic mass is 10.4. The van der Waals surface area contributed by atoms with Crippen LogP contribution in [0.1, 0.15) is 19.0 Å². The Morgan fingerprint density at radius 2 is 2.64 bits per heavy atom. The average molecular weight is 151 g/mol. The SMILES string of the molecule is CC1CC1NCc1ccn[nH]1. The fourth-order valence-electron chi connectivity index (χ4n) is 1.23. The topological polar surface area (TPSA) is 40.7 Å². The molecule has 11 heavy (non-hydrogen) atoms. The monoisotopic (exact) mass is 151 g/mol. The van der Waals surface area contributed by atoms with E-state index in [1.165, 1.54) is 12.1 Å². The van der Waals surface area contributed by atoms with Gasteiger partial charge in [-0.15, -0.1) is 0 Å². The molecule has 0 spiro atoms. The van der Waals surface area contributed by atoms with Gasteiger partial charge in [-0.2, -0.15) is 5.10 Å². The summed E-state index contributed by atoms with van der Waals surface area (Å²) in [5.41, 5.74) is 1.17. The second-order valence-corrected chi connectivity index (χ2v) is 3.28. The number of nitrogens with zero attached hydrogens (tertiary/aromatic N) is 1. The van der Waals surface area contributed by atoms with Gasteiger partial charge in [-0.05, 0) is 18.4 Å². The lowest BCUT2D eigenvalue weighted by molar-refractivity contribution is 0.641. The maximum atomic E-state index is 3.87. The normalized spacial score (nSPS) is 28.8. The first-order valence-electron chi connectivity index (χ1n) is 4.08. The summed E-state index contributed by atoms with van der Waals surface area (Å²) < 4.78 is 0. The van der Waals surface area contributed by atoms with E-state index in [1.54, 1.807) is 6.20 Å². The number of hydrogen-bond acceptors (Lipinski definition) is 2. The molecule has 1 aliphatic rings. The number of hydrogen-bond donors (Lipinski definition) is 2. The van der Waals surface area contributed by atoms with Crippen LogP contribution in [0.5, 0.6) is 0 Å². The molecular formula is C8H13N3. The minimum Gasteiger partial charge on any atom is -0.308 e. The zero-order valence-electron chi connectivity index (χ0n) is 6.67. The van der Waals surface area contributed by atoms with Crippen molar-refractivity contribution in [3.63, 3.8) is 0 Å². The third kappa shape index (κ3) is 1.60. The van der Waals surface area contributed by atoms with Crippen LogP contribution >= 0.6 is 0 Å². The zero-order chi connectivity index (χ0) is 7.68. The first kappa shape index (κ1) is 6.85. The van der Waals surface area contributed by atoms with Gasteiger partial charge in [-0.1, -0.05) is 6.92 Å². The number of aromatic nitrogens is 2. The molecule has 3 heteroatoms. The smallest absolute Gasteiger partial charge is 0.0490 e. The molecule has 2 unspecified atom stereocenters. The van der Waals surface area contributed by atoms with Crippen LogP contribution in [0.15, 0.2) is 12.3 Å². The van der Waals surface area contributed by atoms with Crippen molar-refractivity contribution >= 4 is 0 Å². The second-order valence-electron chi connectivity index (χ2n) is 3.28. The largest absolute Gasteiger partial charge is 0.308 e. The van der Waals surface area contributed by atoms with Crippen LogP contribution in [-0.2, 0) is 6.54 Å². The number of H-pyrrole nitrogens is 1. The van der Waals surface area contributed by atoms with Gasteiger partial charge in [0.1, 0.15) is 0 Å². The van der Waals surface area contributed by atoms with Crippen LogP contribution in [0.2, 0.25) is 0 Å². The molecule has 2 atom stereocenters. The molecule has 1 aliphatic carbocycles. The van der Waals surface area contributed by atoms with Crippen molar-refractivity contribution in [2.75, 3.05) is 0 Å². The molecule has 3 nitrogen and oxygen atoms in total. The maximum Gasteiger partial charge on any atom is 0.0490 e. The molecule has 1 fully saturated rings. The van der Waals surface area contributed by atoms with Crippen molar-refractivity contribution < 1.29 is 0 Å². The zero-order valence-corrected chi connectivity index (χ0v) is 6.67. The van der Waals surface area contributed by atoms with Gasteiger partial charge in [0.2, 0.25) is 0 Å². The second kappa shape index (κ2) is 2.66. The highest BCUT2D eigenvalue weighted by atomic mass is 15.1. The summed E-state index contributed by atoms with van der Waals surface area (Å²) in [5.74, 6) is 0.873. The molecule has 0 radical (unpaired) electrons. The number of aromatic amines is 1. The van der Waals surface area contributed by atoms with Gasteiger partial charge in [0.05, 0.1) is 0 Å². The molecule has 0 saturated heterocycles. The maximum absolute atomic E-state index is 3.87. The van der Waals surface area contributed by atoms with E-state index in [0.29, 0.717) is 0 Å². The van der Waals surface area contributed by atoms with Gasteiger partial charge in [0, 0.05) is 24.5 Å². The van der Waals surface area contributed by atoms with Crippen LogP contribution in [0.4, 0.5) is 0 Å². The van der Waals surface area contributed by atoms with Gasteiger partial charge < -0.3 is 5.32 Å². The van der Waals surface area contributed by atoms with E-state index in [-0.39, 0.29) is 0 Å². The highest BCUT2D eigenvalue weighted by molar-refractivity contribution is 4.99. The predicted molar refractivity (Wildman–Crippen MR) is 43.0 cm³/mol. The van der Waals surface area contributed by atoms with Gasteiger partial charge in [-0.25, -0.2) is 0 Å². The van der Waals surface area contributed by atoms with Crippen LogP contribution < -0.4 is 5.32 Å². The highest BCUT2D eigenvalue weighted by Crippen LogP contribution is 2.28. The van der Waals surface area contributed by atoms with Crippen molar-refractivity contribution in [2.45, 2.75) is 25.9 Å². The van der Waals surface area contributed by atoms with Crippen molar-refractivity contribution in [2.24, 2.45) is 5.92 Å². The fraction of sp³-hybridized carbons (Fsp3) is 0.625. The van der Waals surface area contributed by atoms with Crippen molar-refractivity contribution in [1.29, 1.82) is 0 Å². The summed E-state index contributed by atoms with van der Waals surface area (Å²) in [4.78, 5) is 0. The molecule has 0 amide bonds. The highest BCUT2D eigenvalue weighted by Gasteiger charge is 2.31. The van der Waals surface area contributed by atoms with Gasteiger partial charge >= 0.3 is 0 Å². The van der Waals surface area contributed by atoms with Gasteiger partial charge in [0.25, 0.3) is 0 Å². The van der Waals surface area contributed by atoms with Gasteiger partial charge in [-0.3, -0.25) is 5.10 Å². The van der Waals surface area contributed by atoms with Crippen LogP contribution in [0.3, 0.4) is 0 Å². The number of rotatable bonds is 3. The van der Waals surface area contributed by atoms with Crippen molar-refractivity contribution in [3.8, 4) is 0 Å². The molecule has 0 bridgehead atoms. The molecule has 2 N–H and O–H groups in total. The molecule has 1 saturated carbocycles. The lowest BCUT2D eigenvalue weighted by Gasteiger charge is -1.98. The number of nitrogens with one attached hydrogen (secondary N) is 2. The molecular weight excluding hydrogens is 138 g/mol. The van der Waals surface area contributed by atoms with E-state index in [0.717, 1.165) is 18.5 Å². The minimum atomic E-state index is 0.748. The predicted octanol–water partition coefficient (Wildman–Crippen LogP) is 0.908. The minimum absolute atomic E-state index is 0.748. The lowest BCUT2D eigenvalue weighted by Crippen LogP contribution is -2.17. The van der Waals surface area contributed by atoms with E-state index in [9.17, 15) is 0 Å².